The molecular weight excluding hydrogens is 514 g/mol. The van der Waals surface area contributed by atoms with E-state index >= 15 is 0 Å². The number of piperazine rings is 1. The molecule has 2 bridgehead atoms. The van der Waals surface area contributed by atoms with Crippen LogP contribution in [0.15, 0.2) is 36.4 Å². The molecule has 5 heterocycles. The zero-order valence-corrected chi connectivity index (χ0v) is 23.9. The number of nitrogens with one attached hydrogen (secondary N) is 1. The first-order valence-corrected chi connectivity index (χ1v) is 15.1. The number of benzene rings is 2. The van der Waals surface area contributed by atoms with E-state index in [1.807, 2.05) is 0 Å². The summed E-state index contributed by atoms with van der Waals surface area (Å²) in [6.07, 6.45) is 3.90. The largest absolute Gasteiger partial charge is 0.463 e. The van der Waals surface area contributed by atoms with Gasteiger partial charge in [-0.25, -0.2) is 0 Å². The van der Waals surface area contributed by atoms with Gasteiger partial charge in [0.05, 0.1) is 44.0 Å². The lowest BCUT2D eigenvalue weighted by atomic mass is 9.99. The monoisotopic (exact) mass is 553 g/mol. The number of nitrogens with zero attached hydrogens (tertiary/aromatic N) is 6. The van der Waals surface area contributed by atoms with Crippen molar-refractivity contribution in [3.8, 4) is 12.1 Å². The molecule has 0 unspecified atom stereocenters. The minimum Gasteiger partial charge on any atom is -0.463 e. The molecule has 9 heteroatoms. The number of nitriles is 1. The van der Waals surface area contributed by atoms with Gasteiger partial charge >= 0.3 is 6.01 Å². The molecular formula is C32H39N7O2. The van der Waals surface area contributed by atoms with Crippen molar-refractivity contribution in [2.75, 3.05) is 62.3 Å². The standard InChI is InChI=1S/C32H39N7O2/c1-22-5-2-6-23-7-3-8-29(30(22)23)38-14-10-27-28(20-38)35-32(36-31(27)39-15-12-34-24(18-39)9-11-33)40-16-4-13-37-19-26-17-25(37)21-41-26/h2-3,5-8,24-26,34H,4,9-10,12-21H2,1H3/t24-,25-,26-/m0/s1. The molecule has 3 atom stereocenters. The van der Waals surface area contributed by atoms with Gasteiger partial charge in [0.15, 0.2) is 0 Å². The lowest BCUT2D eigenvalue weighted by Gasteiger charge is -2.37. The molecule has 4 aliphatic rings. The van der Waals surface area contributed by atoms with E-state index in [1.54, 1.807) is 0 Å². The van der Waals surface area contributed by atoms with Crippen molar-refractivity contribution < 1.29 is 9.47 Å². The van der Waals surface area contributed by atoms with Crippen molar-refractivity contribution >= 4 is 22.3 Å². The normalized spacial score (nSPS) is 24.0. The summed E-state index contributed by atoms with van der Waals surface area (Å²) in [6, 6.07) is 16.6. The minimum absolute atomic E-state index is 0.141. The predicted molar refractivity (Wildman–Crippen MR) is 160 cm³/mol. The van der Waals surface area contributed by atoms with Gasteiger partial charge in [-0.2, -0.15) is 15.2 Å². The Morgan fingerprint density at radius 3 is 2.85 bits per heavy atom. The van der Waals surface area contributed by atoms with Crippen LogP contribution in [0.25, 0.3) is 10.8 Å². The number of hydrogen-bond donors (Lipinski definition) is 1. The summed E-state index contributed by atoms with van der Waals surface area (Å²) >= 11 is 0. The quantitative estimate of drug-likeness (QED) is 0.422. The first-order chi connectivity index (χ1) is 20.2. The van der Waals surface area contributed by atoms with Crippen LogP contribution < -0.4 is 19.9 Å². The molecule has 1 aromatic heterocycles. The second-order valence-electron chi connectivity index (χ2n) is 11.9. The number of aryl methyl sites for hydroxylation is 1. The summed E-state index contributed by atoms with van der Waals surface area (Å²) in [6.45, 7) is 9.81. The summed E-state index contributed by atoms with van der Waals surface area (Å²) in [5.41, 5.74) is 4.81. The Labute approximate surface area is 242 Å². The van der Waals surface area contributed by atoms with Gasteiger partial charge in [-0.1, -0.05) is 30.3 Å². The Morgan fingerprint density at radius 1 is 1.12 bits per heavy atom. The highest BCUT2D eigenvalue weighted by molar-refractivity contribution is 5.97. The third-order valence-corrected chi connectivity index (χ3v) is 9.18. The predicted octanol–water partition coefficient (Wildman–Crippen LogP) is 3.43. The van der Waals surface area contributed by atoms with Gasteiger partial charge in [0.2, 0.25) is 0 Å². The van der Waals surface area contributed by atoms with Gasteiger partial charge in [-0.15, -0.1) is 0 Å². The SMILES string of the molecule is Cc1cccc2cccc(N3CCc4c(nc(OCCCN5C[C@@H]6C[C@H]5CO6)nc4N4CCN[C@@H](CC#N)C4)C3)c12. The first-order valence-electron chi connectivity index (χ1n) is 15.1. The van der Waals surface area contributed by atoms with Crippen LogP contribution in [0.2, 0.25) is 0 Å². The second kappa shape index (κ2) is 11.4. The Morgan fingerprint density at radius 2 is 2.02 bits per heavy atom. The number of rotatable bonds is 8. The zero-order chi connectivity index (χ0) is 27.8. The molecule has 4 aliphatic heterocycles. The lowest BCUT2D eigenvalue weighted by Crippen LogP contribution is -2.51. The Hall–Kier alpha value is -3.45. The molecule has 3 saturated heterocycles. The molecule has 3 aromatic rings. The summed E-state index contributed by atoms with van der Waals surface area (Å²) in [5, 5.41) is 15.4. The first kappa shape index (κ1) is 26.4. The fraction of sp³-hybridized carbons (Fsp3) is 0.531. The fourth-order valence-electron chi connectivity index (χ4n) is 7.14. The Kier molecular flexibility index (Phi) is 7.38. The van der Waals surface area contributed by atoms with E-state index in [9.17, 15) is 5.26 Å². The Bertz CT molecular complexity index is 1450. The van der Waals surface area contributed by atoms with Crippen LogP contribution in [0.5, 0.6) is 6.01 Å². The molecule has 0 amide bonds. The fourth-order valence-corrected chi connectivity index (χ4v) is 7.14. The molecule has 9 nitrogen and oxygen atoms in total. The average Bonchev–Trinajstić information content (AvgIpc) is 3.63. The summed E-state index contributed by atoms with van der Waals surface area (Å²) < 4.78 is 12.0. The maximum Gasteiger partial charge on any atom is 0.318 e. The van der Waals surface area contributed by atoms with Gasteiger partial charge in [0.1, 0.15) is 5.82 Å². The molecule has 1 N–H and O–H groups in total. The molecule has 0 spiro atoms. The number of ether oxygens (including phenoxy) is 2. The van der Waals surface area contributed by atoms with E-state index in [2.05, 4.69) is 69.4 Å². The molecule has 214 valence electrons. The summed E-state index contributed by atoms with van der Waals surface area (Å²) in [7, 11) is 0. The molecule has 0 aliphatic carbocycles. The van der Waals surface area contributed by atoms with Crippen LogP contribution in [-0.2, 0) is 17.7 Å². The lowest BCUT2D eigenvalue weighted by molar-refractivity contribution is 0.0287. The van der Waals surface area contributed by atoms with Crippen LogP contribution in [0.1, 0.15) is 36.1 Å². The third-order valence-electron chi connectivity index (χ3n) is 9.18. The van der Waals surface area contributed by atoms with Crippen molar-refractivity contribution in [2.24, 2.45) is 0 Å². The van der Waals surface area contributed by atoms with Crippen LogP contribution >= 0.6 is 0 Å². The van der Waals surface area contributed by atoms with E-state index in [4.69, 9.17) is 19.4 Å². The highest BCUT2D eigenvalue weighted by Gasteiger charge is 2.38. The van der Waals surface area contributed by atoms with Crippen molar-refractivity contribution in [3.63, 3.8) is 0 Å². The maximum absolute atomic E-state index is 9.31. The zero-order valence-electron chi connectivity index (χ0n) is 23.9. The highest BCUT2D eigenvalue weighted by atomic mass is 16.5. The molecule has 0 radical (unpaired) electrons. The van der Waals surface area contributed by atoms with E-state index in [1.165, 1.54) is 34.0 Å². The smallest absolute Gasteiger partial charge is 0.318 e. The van der Waals surface area contributed by atoms with Crippen LogP contribution in [0, 0.1) is 18.3 Å². The molecule has 0 saturated carbocycles. The number of anilines is 2. The summed E-state index contributed by atoms with van der Waals surface area (Å²) in [4.78, 5) is 17.3. The number of aromatic nitrogens is 2. The van der Waals surface area contributed by atoms with Gasteiger partial charge < -0.3 is 24.6 Å². The maximum atomic E-state index is 9.31. The van der Waals surface area contributed by atoms with E-state index in [-0.39, 0.29) is 6.04 Å². The van der Waals surface area contributed by atoms with Crippen molar-refractivity contribution in [3.05, 3.63) is 53.2 Å². The number of morpholine rings is 1. The van der Waals surface area contributed by atoms with Crippen molar-refractivity contribution in [1.82, 2.24) is 20.2 Å². The topological polar surface area (TPSA) is 89.8 Å². The molecule has 3 fully saturated rings. The van der Waals surface area contributed by atoms with Gasteiger partial charge in [0, 0.05) is 68.0 Å². The van der Waals surface area contributed by atoms with Crippen LogP contribution in [0.4, 0.5) is 11.5 Å². The van der Waals surface area contributed by atoms with E-state index < -0.39 is 0 Å². The van der Waals surface area contributed by atoms with Gasteiger partial charge in [0.25, 0.3) is 0 Å². The molecule has 2 aromatic carbocycles. The van der Waals surface area contributed by atoms with E-state index in [0.717, 1.165) is 76.8 Å². The molecule has 41 heavy (non-hydrogen) atoms. The average molecular weight is 554 g/mol. The van der Waals surface area contributed by atoms with Crippen molar-refractivity contribution in [1.29, 1.82) is 5.26 Å². The van der Waals surface area contributed by atoms with E-state index in [0.29, 0.717) is 31.2 Å². The second-order valence-corrected chi connectivity index (χ2v) is 11.9. The Balaban J connectivity index is 1.14. The number of fused-ring (bicyclic) bond motifs is 4. The number of hydrogen-bond acceptors (Lipinski definition) is 9. The van der Waals surface area contributed by atoms with Gasteiger partial charge in [-0.3, -0.25) is 4.90 Å². The summed E-state index contributed by atoms with van der Waals surface area (Å²) in [5.74, 6) is 0.984. The number of likely N-dealkylation sites (tertiary alicyclic amines) is 1. The molecule has 7 rings (SSSR count). The highest BCUT2D eigenvalue weighted by Crippen LogP contribution is 2.35. The van der Waals surface area contributed by atoms with Crippen LogP contribution in [0.3, 0.4) is 0 Å². The third kappa shape index (κ3) is 5.32. The minimum atomic E-state index is 0.141. The van der Waals surface area contributed by atoms with Crippen LogP contribution in [-0.4, -0.2) is 85.5 Å². The van der Waals surface area contributed by atoms with Gasteiger partial charge in [-0.05, 0) is 43.2 Å². The van der Waals surface area contributed by atoms with Crippen molar-refractivity contribution in [2.45, 2.75) is 57.3 Å².